The standard InChI is InChI=1S/C34H35F3N6O4S.C3H6O2/c35-34(36,37)31-12-13-32(40-39-31)47-28-9-6-25(7-10-28)26-14-18-43(19-15-26)33(44)27-8-11-30(42-20-16-38-17-21-42)29(22-27)41-48(45,46)23-24-4-2-1-3-5-24;1-2-3(4)5/h1-13,22,26,38,41H,14-21,23H2;2H2,1H3,(H,4,5). The first kappa shape index (κ1) is 39.0. The Hall–Kier alpha value is -5.22. The first-order valence-corrected chi connectivity index (χ1v) is 18.8. The number of benzene rings is 3. The molecule has 2 fully saturated rings. The number of aliphatic carboxylic acids is 1. The van der Waals surface area contributed by atoms with Crippen LogP contribution in [-0.2, 0) is 26.7 Å². The van der Waals surface area contributed by atoms with Gasteiger partial charge in [-0.2, -0.15) is 13.2 Å². The number of alkyl halides is 3. The van der Waals surface area contributed by atoms with Gasteiger partial charge in [0.15, 0.2) is 5.69 Å². The lowest BCUT2D eigenvalue weighted by Crippen LogP contribution is -2.44. The number of aromatic nitrogens is 2. The zero-order valence-electron chi connectivity index (χ0n) is 29.1. The van der Waals surface area contributed by atoms with Crippen molar-refractivity contribution in [2.24, 2.45) is 0 Å². The maximum Gasteiger partial charge on any atom is 0.435 e. The Kier molecular flexibility index (Phi) is 12.9. The minimum Gasteiger partial charge on any atom is -0.481 e. The number of hydrogen-bond acceptors (Lipinski definition) is 9. The van der Waals surface area contributed by atoms with E-state index in [4.69, 9.17) is 9.84 Å². The van der Waals surface area contributed by atoms with E-state index in [1.807, 2.05) is 24.3 Å². The summed E-state index contributed by atoms with van der Waals surface area (Å²) in [6.07, 6.45) is -2.90. The third kappa shape index (κ3) is 11.1. The monoisotopic (exact) mass is 754 g/mol. The molecule has 0 unspecified atom stereocenters. The summed E-state index contributed by atoms with van der Waals surface area (Å²) in [6.45, 7) is 5.62. The molecule has 6 rings (SSSR count). The molecule has 1 aromatic heterocycles. The van der Waals surface area contributed by atoms with E-state index in [2.05, 4.69) is 25.1 Å². The van der Waals surface area contributed by atoms with E-state index in [0.29, 0.717) is 48.7 Å². The van der Waals surface area contributed by atoms with Crippen LogP contribution < -0.4 is 19.7 Å². The number of rotatable bonds is 10. The SMILES string of the molecule is CCC(=O)O.O=C(c1ccc(N2CCNCC2)c(NS(=O)(=O)Cc2ccccc2)c1)N1CCC(c2ccc(Oc3ccc(C(F)(F)F)nn3)cc2)CC1. The molecule has 16 heteroatoms. The number of nitrogens with one attached hydrogen (secondary N) is 2. The minimum absolute atomic E-state index is 0.0457. The molecular weight excluding hydrogens is 714 g/mol. The number of likely N-dealkylation sites (tertiary alicyclic amines) is 1. The number of nitrogens with zero attached hydrogens (tertiary/aromatic N) is 4. The second-order valence-electron chi connectivity index (χ2n) is 12.6. The van der Waals surface area contributed by atoms with Crippen LogP contribution in [0.1, 0.15) is 59.3 Å². The molecule has 1 amide bonds. The molecular formula is C37H41F3N6O6S. The number of carboxylic acids is 1. The van der Waals surface area contributed by atoms with Crippen molar-refractivity contribution < 1.29 is 41.0 Å². The van der Waals surface area contributed by atoms with Crippen LogP contribution in [0.4, 0.5) is 24.5 Å². The molecule has 3 N–H and O–H groups in total. The maximum absolute atomic E-state index is 13.7. The molecule has 12 nitrogen and oxygen atoms in total. The van der Waals surface area contributed by atoms with Crippen molar-refractivity contribution in [3.8, 4) is 11.6 Å². The van der Waals surface area contributed by atoms with Gasteiger partial charge in [0.1, 0.15) is 5.75 Å². The fourth-order valence-electron chi connectivity index (χ4n) is 5.98. The Bertz CT molecular complexity index is 1930. The number of ether oxygens (including phenoxy) is 1. The van der Waals surface area contributed by atoms with Crippen molar-refractivity contribution in [2.75, 3.05) is 48.9 Å². The Morgan fingerprint density at radius 2 is 1.58 bits per heavy atom. The zero-order chi connectivity index (χ0) is 38.0. The molecule has 4 aromatic rings. The van der Waals surface area contributed by atoms with Gasteiger partial charge in [0.05, 0.1) is 17.1 Å². The highest BCUT2D eigenvalue weighted by Crippen LogP contribution is 2.33. The van der Waals surface area contributed by atoms with Crippen LogP contribution in [0.2, 0.25) is 0 Å². The molecule has 2 aliphatic heterocycles. The van der Waals surface area contributed by atoms with Crippen LogP contribution in [0.25, 0.3) is 0 Å². The quantitative estimate of drug-likeness (QED) is 0.172. The summed E-state index contributed by atoms with van der Waals surface area (Å²) in [4.78, 5) is 26.9. The number of halogens is 3. The summed E-state index contributed by atoms with van der Waals surface area (Å²) in [7, 11) is -3.76. The molecule has 0 spiro atoms. The van der Waals surface area contributed by atoms with Gasteiger partial charge in [-0.15, -0.1) is 10.2 Å². The number of carboxylic acid groups (broad SMARTS) is 1. The molecule has 0 atom stereocenters. The summed E-state index contributed by atoms with van der Waals surface area (Å²) in [5.74, 6) is -0.522. The van der Waals surface area contributed by atoms with Gasteiger partial charge >= 0.3 is 12.1 Å². The van der Waals surface area contributed by atoms with E-state index in [0.717, 1.165) is 49.3 Å². The second-order valence-corrected chi connectivity index (χ2v) is 14.3. The topological polar surface area (TPSA) is 154 Å². The van der Waals surface area contributed by atoms with Gasteiger partial charge in [-0.3, -0.25) is 14.3 Å². The number of hydrogen-bond donors (Lipinski definition) is 3. The number of amides is 1. The van der Waals surface area contributed by atoms with Crippen molar-refractivity contribution in [2.45, 2.75) is 44.0 Å². The highest BCUT2D eigenvalue weighted by molar-refractivity contribution is 7.91. The fourth-order valence-corrected chi connectivity index (χ4v) is 7.18. The van der Waals surface area contributed by atoms with E-state index >= 15 is 0 Å². The molecule has 2 aliphatic rings. The molecule has 2 saturated heterocycles. The van der Waals surface area contributed by atoms with Gasteiger partial charge < -0.3 is 25.0 Å². The molecule has 0 aliphatic carbocycles. The molecule has 3 aromatic carbocycles. The highest BCUT2D eigenvalue weighted by atomic mass is 32.2. The number of sulfonamides is 1. The van der Waals surface area contributed by atoms with Crippen LogP contribution in [0, 0.1) is 0 Å². The Morgan fingerprint density at radius 1 is 0.925 bits per heavy atom. The molecule has 0 bridgehead atoms. The number of piperidine rings is 1. The Labute approximate surface area is 306 Å². The van der Waals surface area contributed by atoms with E-state index in [1.165, 1.54) is 0 Å². The lowest BCUT2D eigenvalue weighted by Gasteiger charge is -2.33. The maximum atomic E-state index is 13.7. The summed E-state index contributed by atoms with van der Waals surface area (Å²) in [5, 5.41) is 17.7. The van der Waals surface area contributed by atoms with Gasteiger partial charge in [-0.05, 0) is 66.3 Å². The van der Waals surface area contributed by atoms with Gasteiger partial charge in [0.25, 0.3) is 5.91 Å². The van der Waals surface area contributed by atoms with Crippen LogP contribution in [0.3, 0.4) is 0 Å². The first-order chi connectivity index (χ1) is 25.3. The number of anilines is 2. The van der Waals surface area contributed by atoms with E-state index in [9.17, 15) is 31.2 Å². The average molecular weight is 755 g/mol. The van der Waals surface area contributed by atoms with Crippen molar-refractivity contribution in [3.05, 3.63) is 107 Å². The molecule has 53 heavy (non-hydrogen) atoms. The predicted octanol–water partition coefficient (Wildman–Crippen LogP) is 6.14. The normalized spacial score (nSPS) is 15.2. The van der Waals surface area contributed by atoms with Gasteiger partial charge in [0, 0.05) is 57.3 Å². The lowest BCUT2D eigenvalue weighted by molar-refractivity contribution is -0.141. The molecule has 0 saturated carbocycles. The van der Waals surface area contributed by atoms with Crippen LogP contribution in [0.15, 0.2) is 84.9 Å². The summed E-state index contributed by atoms with van der Waals surface area (Å²) >= 11 is 0. The molecule has 0 radical (unpaired) electrons. The molecule has 282 valence electrons. The molecule has 3 heterocycles. The van der Waals surface area contributed by atoms with E-state index in [1.54, 1.807) is 60.4 Å². The lowest BCUT2D eigenvalue weighted by atomic mass is 9.89. The largest absolute Gasteiger partial charge is 0.481 e. The van der Waals surface area contributed by atoms with E-state index in [-0.39, 0.29) is 29.9 Å². The predicted molar refractivity (Wildman–Crippen MR) is 194 cm³/mol. The van der Waals surface area contributed by atoms with Gasteiger partial charge in [-0.1, -0.05) is 49.4 Å². The Balaban J connectivity index is 0.00000101. The van der Waals surface area contributed by atoms with Crippen molar-refractivity contribution in [3.63, 3.8) is 0 Å². The first-order valence-electron chi connectivity index (χ1n) is 17.1. The second kappa shape index (κ2) is 17.5. The van der Waals surface area contributed by atoms with Crippen molar-refractivity contribution >= 4 is 33.3 Å². The number of carbonyl (C=O) groups is 2. The third-order valence-corrected chi connectivity index (χ3v) is 10.00. The van der Waals surface area contributed by atoms with Crippen LogP contribution in [-0.4, -0.2) is 79.8 Å². The fraction of sp³-hybridized carbons (Fsp3) is 0.351. The zero-order valence-corrected chi connectivity index (χ0v) is 29.9. The summed E-state index contributed by atoms with van der Waals surface area (Å²) in [5.41, 5.74) is 2.17. The van der Waals surface area contributed by atoms with Crippen molar-refractivity contribution in [1.82, 2.24) is 20.4 Å². The van der Waals surface area contributed by atoms with Crippen LogP contribution >= 0.6 is 0 Å². The average Bonchev–Trinajstić information content (AvgIpc) is 3.15. The Morgan fingerprint density at radius 3 is 2.17 bits per heavy atom. The highest BCUT2D eigenvalue weighted by Gasteiger charge is 2.33. The summed E-state index contributed by atoms with van der Waals surface area (Å²) < 4.78 is 73.0. The van der Waals surface area contributed by atoms with Gasteiger partial charge in [0.2, 0.25) is 15.9 Å². The third-order valence-electron chi connectivity index (χ3n) is 8.76. The number of carbonyl (C=O) groups excluding carboxylic acids is 1. The van der Waals surface area contributed by atoms with Crippen LogP contribution in [0.5, 0.6) is 11.6 Å². The smallest absolute Gasteiger partial charge is 0.435 e. The van der Waals surface area contributed by atoms with Gasteiger partial charge in [-0.25, -0.2) is 8.42 Å². The van der Waals surface area contributed by atoms with E-state index < -0.39 is 27.9 Å². The number of piperazine rings is 1. The van der Waals surface area contributed by atoms with Crippen molar-refractivity contribution in [1.29, 1.82) is 0 Å². The summed E-state index contributed by atoms with van der Waals surface area (Å²) in [6, 6.07) is 23.4. The minimum atomic E-state index is -4.57.